The number of hydrogen-bond acceptors (Lipinski definition) is 6. The molecule has 0 radical (unpaired) electrons. The Morgan fingerprint density at radius 1 is 1.08 bits per heavy atom. The molecule has 0 aliphatic heterocycles. The first-order valence-corrected chi connectivity index (χ1v) is 7.54. The smallest absolute Gasteiger partial charge is 0.334 e. The first-order chi connectivity index (χ1) is 12.0. The Bertz CT molecular complexity index is 736. The van der Waals surface area contributed by atoms with Crippen LogP contribution in [-0.2, 0) is 9.53 Å². The highest BCUT2D eigenvalue weighted by atomic mass is 16.5. The Hall–Kier alpha value is -3.09. The molecule has 0 aliphatic rings. The second-order valence-electron chi connectivity index (χ2n) is 5.19. The summed E-state index contributed by atoms with van der Waals surface area (Å²) in [6.07, 6.45) is 1.54. The third kappa shape index (κ3) is 4.06. The third-order valence-electron chi connectivity index (χ3n) is 3.71. The Morgan fingerprint density at radius 2 is 1.72 bits per heavy atom. The van der Waals surface area contributed by atoms with Gasteiger partial charge in [-0.25, -0.2) is 4.79 Å². The van der Waals surface area contributed by atoms with Crippen molar-refractivity contribution in [1.82, 2.24) is 10.3 Å². The van der Waals surface area contributed by atoms with E-state index in [1.807, 2.05) is 6.92 Å². The molecule has 2 rings (SSSR count). The Morgan fingerprint density at radius 3 is 2.20 bits per heavy atom. The number of hydrogen-bond donors (Lipinski definition) is 1. The van der Waals surface area contributed by atoms with E-state index in [9.17, 15) is 9.59 Å². The number of aromatic nitrogens is 1. The van der Waals surface area contributed by atoms with Gasteiger partial charge in [0.1, 0.15) is 11.5 Å². The predicted octanol–water partition coefficient (Wildman–Crippen LogP) is 2.05. The summed E-state index contributed by atoms with van der Waals surface area (Å²) < 4.78 is 15.3. The number of amides is 1. The minimum atomic E-state index is -1.02. The zero-order chi connectivity index (χ0) is 18.4. The van der Waals surface area contributed by atoms with E-state index in [2.05, 4.69) is 10.3 Å². The van der Waals surface area contributed by atoms with Gasteiger partial charge in [0.25, 0.3) is 5.91 Å². The standard InChI is InChI=1S/C18H20N2O5/c1-11-14(23-2)9-12(10-15(11)24-3)17(21)20-16(18(22)25-4)13-7-5-6-8-19-13/h5-10,16H,1-4H3,(H,20,21). The van der Waals surface area contributed by atoms with Gasteiger partial charge in [-0.05, 0) is 31.2 Å². The maximum absolute atomic E-state index is 12.6. The molecule has 1 atom stereocenters. The van der Waals surface area contributed by atoms with Gasteiger partial charge in [0.05, 0.1) is 27.0 Å². The average molecular weight is 344 g/mol. The van der Waals surface area contributed by atoms with E-state index in [-0.39, 0.29) is 0 Å². The number of carbonyl (C=O) groups excluding carboxylic acids is 2. The van der Waals surface area contributed by atoms with Gasteiger partial charge in [-0.3, -0.25) is 9.78 Å². The van der Waals surface area contributed by atoms with Gasteiger partial charge in [-0.2, -0.15) is 0 Å². The molecule has 25 heavy (non-hydrogen) atoms. The number of nitrogens with one attached hydrogen (secondary N) is 1. The number of carbonyl (C=O) groups is 2. The van der Waals surface area contributed by atoms with Gasteiger partial charge in [0, 0.05) is 17.3 Å². The molecule has 1 aromatic carbocycles. The van der Waals surface area contributed by atoms with Crippen molar-refractivity contribution in [3.8, 4) is 11.5 Å². The van der Waals surface area contributed by atoms with Crippen molar-refractivity contribution in [3.63, 3.8) is 0 Å². The molecule has 1 unspecified atom stereocenters. The van der Waals surface area contributed by atoms with Crippen LogP contribution in [-0.4, -0.2) is 38.2 Å². The molecule has 0 aliphatic carbocycles. The average Bonchev–Trinajstić information content (AvgIpc) is 2.66. The highest BCUT2D eigenvalue weighted by molar-refractivity contribution is 5.97. The lowest BCUT2D eigenvalue weighted by atomic mass is 10.1. The van der Waals surface area contributed by atoms with Gasteiger partial charge in [-0.1, -0.05) is 6.07 Å². The Balaban J connectivity index is 2.34. The molecule has 132 valence electrons. The minimum Gasteiger partial charge on any atom is -0.496 e. The maximum Gasteiger partial charge on any atom is 0.334 e. The number of rotatable bonds is 6. The maximum atomic E-state index is 12.6. The van der Waals surface area contributed by atoms with Crippen LogP contribution in [0.3, 0.4) is 0 Å². The van der Waals surface area contributed by atoms with Crippen LogP contribution in [0.5, 0.6) is 11.5 Å². The zero-order valence-electron chi connectivity index (χ0n) is 14.5. The topological polar surface area (TPSA) is 86.8 Å². The highest BCUT2D eigenvalue weighted by Gasteiger charge is 2.26. The van der Waals surface area contributed by atoms with Gasteiger partial charge in [-0.15, -0.1) is 0 Å². The molecule has 0 fully saturated rings. The van der Waals surface area contributed by atoms with Crippen molar-refractivity contribution in [2.24, 2.45) is 0 Å². The SMILES string of the molecule is COC(=O)C(NC(=O)c1cc(OC)c(C)c(OC)c1)c1ccccn1. The van der Waals surface area contributed by atoms with Crippen LogP contribution in [0.25, 0.3) is 0 Å². The fourth-order valence-electron chi connectivity index (χ4n) is 2.35. The molecule has 1 aromatic heterocycles. The van der Waals surface area contributed by atoms with Gasteiger partial charge in [0.2, 0.25) is 0 Å². The summed E-state index contributed by atoms with van der Waals surface area (Å²) in [4.78, 5) is 28.8. The van der Waals surface area contributed by atoms with Crippen molar-refractivity contribution in [2.45, 2.75) is 13.0 Å². The van der Waals surface area contributed by atoms with Crippen LogP contribution in [0.1, 0.15) is 27.7 Å². The third-order valence-corrected chi connectivity index (χ3v) is 3.71. The molecule has 0 spiro atoms. The number of pyridine rings is 1. The summed E-state index contributed by atoms with van der Waals surface area (Å²) in [5.41, 5.74) is 1.45. The van der Waals surface area contributed by atoms with Gasteiger partial charge in [0.15, 0.2) is 6.04 Å². The van der Waals surface area contributed by atoms with Crippen LogP contribution in [0, 0.1) is 6.92 Å². The molecule has 0 saturated carbocycles. The molecule has 7 nitrogen and oxygen atoms in total. The first kappa shape index (κ1) is 18.3. The quantitative estimate of drug-likeness (QED) is 0.807. The number of nitrogens with zero attached hydrogens (tertiary/aromatic N) is 1. The molecule has 7 heteroatoms. The molecule has 1 amide bonds. The van der Waals surface area contributed by atoms with Crippen LogP contribution >= 0.6 is 0 Å². The summed E-state index contributed by atoms with van der Waals surface area (Å²) in [6.45, 7) is 1.82. The summed E-state index contributed by atoms with van der Waals surface area (Å²) in [5, 5.41) is 2.64. The molecule has 0 saturated heterocycles. The van der Waals surface area contributed by atoms with Crippen LogP contribution in [0.4, 0.5) is 0 Å². The summed E-state index contributed by atoms with van der Waals surface area (Å²) in [5.74, 6) is -0.0651. The normalized spacial score (nSPS) is 11.4. The Labute approximate surface area is 145 Å². The largest absolute Gasteiger partial charge is 0.496 e. The molecular formula is C18H20N2O5. The molecular weight excluding hydrogens is 324 g/mol. The van der Waals surface area contributed by atoms with Crippen molar-refractivity contribution in [1.29, 1.82) is 0 Å². The highest BCUT2D eigenvalue weighted by Crippen LogP contribution is 2.29. The summed E-state index contributed by atoms with van der Waals surface area (Å²) in [6, 6.07) is 7.23. The number of esters is 1. The molecule has 2 aromatic rings. The molecule has 1 heterocycles. The number of ether oxygens (including phenoxy) is 3. The Kier molecular flexibility index (Phi) is 5.94. The van der Waals surface area contributed by atoms with Gasteiger partial charge < -0.3 is 19.5 Å². The summed E-state index contributed by atoms with van der Waals surface area (Å²) >= 11 is 0. The zero-order valence-corrected chi connectivity index (χ0v) is 14.5. The predicted molar refractivity (Wildman–Crippen MR) is 90.7 cm³/mol. The molecule has 0 bridgehead atoms. The first-order valence-electron chi connectivity index (χ1n) is 7.54. The van der Waals surface area contributed by atoms with Crippen LogP contribution in [0.2, 0.25) is 0 Å². The van der Waals surface area contributed by atoms with E-state index in [0.29, 0.717) is 22.8 Å². The van der Waals surface area contributed by atoms with Crippen LogP contribution < -0.4 is 14.8 Å². The minimum absolute atomic E-state index is 0.295. The number of methoxy groups -OCH3 is 3. The van der Waals surface area contributed by atoms with Crippen LogP contribution in [0.15, 0.2) is 36.5 Å². The van der Waals surface area contributed by atoms with Crippen molar-refractivity contribution >= 4 is 11.9 Å². The lowest BCUT2D eigenvalue weighted by Crippen LogP contribution is -2.35. The van der Waals surface area contributed by atoms with Crippen molar-refractivity contribution in [2.75, 3.05) is 21.3 Å². The molecule has 1 N–H and O–H groups in total. The van der Waals surface area contributed by atoms with E-state index < -0.39 is 17.9 Å². The fraction of sp³-hybridized carbons (Fsp3) is 0.278. The van der Waals surface area contributed by atoms with E-state index >= 15 is 0 Å². The van der Waals surface area contributed by atoms with E-state index in [0.717, 1.165) is 5.56 Å². The number of benzene rings is 1. The second kappa shape index (κ2) is 8.14. The van der Waals surface area contributed by atoms with Crippen molar-refractivity contribution < 1.29 is 23.8 Å². The van der Waals surface area contributed by atoms with Crippen molar-refractivity contribution in [3.05, 3.63) is 53.3 Å². The van der Waals surface area contributed by atoms with E-state index in [1.54, 1.807) is 30.3 Å². The van der Waals surface area contributed by atoms with E-state index in [1.165, 1.54) is 27.5 Å². The lowest BCUT2D eigenvalue weighted by Gasteiger charge is -2.17. The monoisotopic (exact) mass is 344 g/mol. The van der Waals surface area contributed by atoms with E-state index in [4.69, 9.17) is 14.2 Å². The fourth-order valence-corrected chi connectivity index (χ4v) is 2.35. The summed E-state index contributed by atoms with van der Waals surface area (Å²) in [7, 11) is 4.27. The second-order valence-corrected chi connectivity index (χ2v) is 5.19. The lowest BCUT2D eigenvalue weighted by molar-refractivity contribution is -0.143. The van der Waals surface area contributed by atoms with Gasteiger partial charge >= 0.3 is 5.97 Å².